The van der Waals surface area contributed by atoms with Crippen LogP contribution >= 0.6 is 0 Å². The number of para-hydroxylation sites is 1. The lowest BCUT2D eigenvalue weighted by Crippen LogP contribution is -2.29. The van der Waals surface area contributed by atoms with E-state index in [0.29, 0.717) is 22.4 Å². The molecule has 0 unspecified atom stereocenters. The van der Waals surface area contributed by atoms with Crippen LogP contribution in [-0.4, -0.2) is 40.8 Å². The summed E-state index contributed by atoms with van der Waals surface area (Å²) in [6.45, 7) is 0. The zero-order valence-corrected chi connectivity index (χ0v) is 17.3. The van der Waals surface area contributed by atoms with Gasteiger partial charge in [-0.2, -0.15) is 12.7 Å². The lowest BCUT2D eigenvalue weighted by Gasteiger charge is -2.14. The molecule has 9 heteroatoms. The molecule has 0 amide bonds. The van der Waals surface area contributed by atoms with Crippen molar-refractivity contribution in [3.63, 3.8) is 0 Å². The number of nitrogens with zero attached hydrogens (tertiary/aromatic N) is 4. The van der Waals surface area contributed by atoms with Gasteiger partial charge in [0, 0.05) is 38.7 Å². The van der Waals surface area contributed by atoms with Gasteiger partial charge in [-0.05, 0) is 12.1 Å². The van der Waals surface area contributed by atoms with Gasteiger partial charge >= 0.3 is 15.8 Å². The minimum Gasteiger partial charge on any atom is -0.408 e. The van der Waals surface area contributed by atoms with Crippen LogP contribution in [0.25, 0.3) is 22.2 Å². The van der Waals surface area contributed by atoms with Crippen LogP contribution in [0, 0.1) is 0 Å². The molecule has 2 aromatic carbocycles. The third kappa shape index (κ3) is 3.77. The first-order valence-electron chi connectivity index (χ1n) is 9.32. The van der Waals surface area contributed by atoms with E-state index in [1.807, 2.05) is 30.3 Å². The van der Waals surface area contributed by atoms with E-state index in [2.05, 4.69) is 9.97 Å². The van der Waals surface area contributed by atoms with E-state index in [4.69, 9.17) is 4.42 Å². The average Bonchev–Trinajstić information content (AvgIpc) is 3.18. The molecular weight excluding hydrogens is 404 g/mol. The van der Waals surface area contributed by atoms with Crippen molar-refractivity contribution in [2.45, 2.75) is 12.8 Å². The van der Waals surface area contributed by atoms with Crippen molar-refractivity contribution in [2.75, 3.05) is 14.1 Å². The second-order valence-corrected chi connectivity index (χ2v) is 8.93. The third-order valence-corrected chi connectivity index (χ3v) is 6.40. The number of hydrogen-bond donors (Lipinski definition) is 0. The van der Waals surface area contributed by atoms with Gasteiger partial charge in [0.15, 0.2) is 5.89 Å². The van der Waals surface area contributed by atoms with Crippen molar-refractivity contribution in [3.8, 4) is 11.3 Å². The van der Waals surface area contributed by atoms with Gasteiger partial charge in [0.1, 0.15) is 5.82 Å². The van der Waals surface area contributed by atoms with Crippen molar-refractivity contribution in [1.29, 1.82) is 0 Å². The fourth-order valence-electron chi connectivity index (χ4n) is 3.08. The molecule has 30 heavy (non-hydrogen) atoms. The second kappa shape index (κ2) is 7.85. The van der Waals surface area contributed by atoms with Gasteiger partial charge in [-0.25, -0.2) is 18.7 Å². The van der Waals surface area contributed by atoms with Crippen LogP contribution in [0.4, 0.5) is 0 Å². The molecule has 4 aromatic rings. The summed E-state index contributed by atoms with van der Waals surface area (Å²) in [5.74, 6) is 0.567. The fourth-order valence-corrected chi connectivity index (χ4v) is 4.06. The molecule has 8 nitrogen and oxygen atoms in total. The molecule has 4 rings (SSSR count). The highest BCUT2D eigenvalue weighted by molar-refractivity contribution is 7.87. The summed E-state index contributed by atoms with van der Waals surface area (Å²) >= 11 is 0. The van der Waals surface area contributed by atoms with Crippen molar-refractivity contribution >= 4 is 21.1 Å². The van der Waals surface area contributed by atoms with Crippen LogP contribution in [0.3, 0.4) is 0 Å². The molecule has 0 fully saturated rings. The lowest BCUT2D eigenvalue weighted by molar-refractivity contribution is 0.441. The van der Waals surface area contributed by atoms with E-state index in [1.54, 1.807) is 24.3 Å². The zero-order chi connectivity index (χ0) is 21.3. The molecule has 0 N–H and O–H groups in total. The van der Waals surface area contributed by atoms with Crippen LogP contribution in [0.15, 0.2) is 70.0 Å². The Labute approximate surface area is 173 Å². The van der Waals surface area contributed by atoms with Crippen LogP contribution in [0.1, 0.15) is 11.7 Å². The van der Waals surface area contributed by atoms with Crippen molar-refractivity contribution < 1.29 is 12.8 Å². The SMILES string of the molecule is CN(C)S(=O)(=O)n1cc(-c2ccccc2)nc1CCc1nc2ccccc2c(=O)o1. The summed E-state index contributed by atoms with van der Waals surface area (Å²) in [5.41, 5.74) is 1.42. The maximum atomic E-state index is 12.8. The van der Waals surface area contributed by atoms with Gasteiger partial charge in [0.05, 0.1) is 16.6 Å². The summed E-state index contributed by atoms with van der Waals surface area (Å²) in [5, 5.41) is 0.407. The molecule has 0 bridgehead atoms. The molecule has 2 aromatic heterocycles. The number of benzene rings is 2. The fraction of sp³-hybridized carbons (Fsp3) is 0.190. The van der Waals surface area contributed by atoms with Gasteiger partial charge in [-0.3, -0.25) is 0 Å². The number of imidazole rings is 1. The first-order valence-corrected chi connectivity index (χ1v) is 10.7. The molecule has 0 spiro atoms. The Hall–Kier alpha value is -3.30. The first-order chi connectivity index (χ1) is 14.4. The van der Waals surface area contributed by atoms with Gasteiger partial charge in [-0.15, -0.1) is 0 Å². The molecule has 0 aliphatic rings. The predicted octanol–water partition coefficient (Wildman–Crippen LogP) is 2.49. The Morgan fingerprint density at radius 3 is 2.40 bits per heavy atom. The third-order valence-electron chi connectivity index (χ3n) is 4.67. The van der Waals surface area contributed by atoms with E-state index < -0.39 is 15.8 Å². The summed E-state index contributed by atoms with van der Waals surface area (Å²) in [7, 11) is -0.840. The Bertz CT molecular complexity index is 1360. The van der Waals surface area contributed by atoms with Crippen LogP contribution < -0.4 is 5.63 Å². The monoisotopic (exact) mass is 424 g/mol. The minimum atomic E-state index is -3.77. The number of fused-ring (bicyclic) bond motifs is 1. The maximum absolute atomic E-state index is 12.8. The molecule has 0 saturated carbocycles. The molecular formula is C21H20N4O4S. The number of aromatic nitrogens is 3. The minimum absolute atomic E-state index is 0.230. The van der Waals surface area contributed by atoms with Crippen LogP contribution in [-0.2, 0) is 23.1 Å². The largest absolute Gasteiger partial charge is 0.408 e. The predicted molar refractivity (Wildman–Crippen MR) is 113 cm³/mol. The van der Waals surface area contributed by atoms with Crippen LogP contribution in [0.5, 0.6) is 0 Å². The topological polar surface area (TPSA) is 98.3 Å². The molecule has 0 aliphatic heterocycles. The quantitative estimate of drug-likeness (QED) is 0.472. The molecule has 0 atom stereocenters. The molecule has 2 heterocycles. The molecule has 0 saturated heterocycles. The standard InChI is InChI=1S/C21H20N4O4S/c1-24(2)30(27,28)25-14-18(15-8-4-3-5-9-15)22-19(25)12-13-20-23-17-11-7-6-10-16(17)21(26)29-20/h3-11,14H,12-13H2,1-2H3. The lowest BCUT2D eigenvalue weighted by atomic mass is 10.2. The second-order valence-electron chi connectivity index (χ2n) is 6.91. The van der Waals surface area contributed by atoms with Gasteiger partial charge in [-0.1, -0.05) is 42.5 Å². The Balaban J connectivity index is 1.71. The summed E-state index contributed by atoms with van der Waals surface area (Å²) in [6.07, 6.45) is 1.96. The van der Waals surface area contributed by atoms with E-state index in [1.165, 1.54) is 20.3 Å². The smallest absolute Gasteiger partial charge is 0.346 e. The number of rotatable bonds is 6. The van der Waals surface area contributed by atoms with Crippen molar-refractivity contribution in [2.24, 2.45) is 0 Å². The van der Waals surface area contributed by atoms with E-state index in [9.17, 15) is 13.2 Å². The average molecular weight is 424 g/mol. The highest BCUT2D eigenvalue weighted by atomic mass is 32.2. The molecule has 154 valence electrons. The molecule has 0 radical (unpaired) electrons. The van der Waals surface area contributed by atoms with E-state index in [0.717, 1.165) is 13.8 Å². The van der Waals surface area contributed by atoms with Crippen molar-refractivity contribution in [1.82, 2.24) is 18.2 Å². The van der Waals surface area contributed by atoms with Gasteiger partial charge in [0.2, 0.25) is 0 Å². The summed E-state index contributed by atoms with van der Waals surface area (Å²) in [6, 6.07) is 16.3. The summed E-state index contributed by atoms with van der Waals surface area (Å²) < 4.78 is 33.2. The van der Waals surface area contributed by atoms with E-state index in [-0.39, 0.29) is 18.7 Å². The Morgan fingerprint density at radius 1 is 0.967 bits per heavy atom. The Kier molecular flexibility index (Phi) is 5.23. The van der Waals surface area contributed by atoms with Gasteiger partial charge in [0.25, 0.3) is 0 Å². The number of hydrogen-bond acceptors (Lipinski definition) is 6. The molecule has 0 aliphatic carbocycles. The van der Waals surface area contributed by atoms with E-state index >= 15 is 0 Å². The first kappa shape index (κ1) is 20.0. The summed E-state index contributed by atoms with van der Waals surface area (Å²) in [4.78, 5) is 21.1. The highest BCUT2D eigenvalue weighted by Gasteiger charge is 2.23. The van der Waals surface area contributed by atoms with Crippen molar-refractivity contribution in [3.05, 3.63) is 82.9 Å². The van der Waals surface area contributed by atoms with Gasteiger partial charge < -0.3 is 4.42 Å². The highest BCUT2D eigenvalue weighted by Crippen LogP contribution is 2.21. The van der Waals surface area contributed by atoms with Crippen LogP contribution in [0.2, 0.25) is 0 Å². The normalized spacial score (nSPS) is 12.0. The maximum Gasteiger partial charge on any atom is 0.346 e. The zero-order valence-electron chi connectivity index (χ0n) is 16.5. The Morgan fingerprint density at radius 2 is 1.67 bits per heavy atom. The number of aryl methyl sites for hydroxylation is 2.